The second-order valence-corrected chi connectivity index (χ2v) is 3.56. The third kappa shape index (κ3) is 3.37. The van der Waals surface area contributed by atoms with Crippen molar-refractivity contribution in [1.29, 1.82) is 0 Å². The molecule has 0 aromatic heterocycles. The zero-order valence-electron chi connectivity index (χ0n) is 10.5. The van der Waals surface area contributed by atoms with Crippen LogP contribution in [-0.2, 0) is 0 Å². The molecule has 0 atom stereocenters. The lowest BCUT2D eigenvalue weighted by Gasteiger charge is -2.12. The Hall–Kier alpha value is -1.71. The molecule has 0 saturated carbocycles. The van der Waals surface area contributed by atoms with Crippen LogP contribution in [0.1, 0.15) is 30.1 Å². The summed E-state index contributed by atoms with van der Waals surface area (Å²) in [4.78, 5) is 10.9. The zero-order chi connectivity index (χ0) is 12.7. The largest absolute Gasteiger partial charge is 0.496 e. The van der Waals surface area contributed by atoms with Gasteiger partial charge in [-0.3, -0.25) is 4.79 Å². The van der Waals surface area contributed by atoms with Gasteiger partial charge in [-0.25, -0.2) is 0 Å². The quantitative estimate of drug-likeness (QED) is 0.541. The Kier molecular flexibility index (Phi) is 5.33. The van der Waals surface area contributed by atoms with Gasteiger partial charge in [0.25, 0.3) is 0 Å². The number of carbonyl (C=O) groups is 1. The van der Waals surface area contributed by atoms with Gasteiger partial charge in [-0.2, -0.15) is 0 Å². The molecule has 0 radical (unpaired) electrons. The van der Waals surface area contributed by atoms with E-state index in [-0.39, 0.29) is 0 Å². The number of hydrogen-bond acceptors (Lipinski definition) is 4. The topological polar surface area (TPSA) is 44.8 Å². The molecule has 4 heteroatoms. The van der Waals surface area contributed by atoms with Crippen molar-refractivity contribution < 1.29 is 19.0 Å². The predicted octanol–water partition coefficient (Wildman–Crippen LogP) is 2.70. The highest BCUT2D eigenvalue weighted by Crippen LogP contribution is 2.32. The van der Waals surface area contributed by atoms with E-state index in [4.69, 9.17) is 14.2 Å². The minimum Gasteiger partial charge on any atom is -0.496 e. The van der Waals surface area contributed by atoms with Gasteiger partial charge in [0.1, 0.15) is 17.2 Å². The molecule has 1 aromatic carbocycles. The SMILES string of the molecule is CCCCOc1cc(OC)c(C=O)c(OC)c1. The molecular weight excluding hydrogens is 220 g/mol. The first kappa shape index (κ1) is 13.4. The van der Waals surface area contributed by atoms with E-state index in [0.29, 0.717) is 35.7 Å². The number of methoxy groups -OCH3 is 2. The molecule has 1 aromatic rings. The van der Waals surface area contributed by atoms with E-state index in [2.05, 4.69) is 6.92 Å². The highest BCUT2D eigenvalue weighted by Gasteiger charge is 2.12. The Morgan fingerprint density at radius 3 is 2.18 bits per heavy atom. The van der Waals surface area contributed by atoms with Crippen LogP contribution in [0.15, 0.2) is 12.1 Å². The third-order valence-corrected chi connectivity index (χ3v) is 2.40. The monoisotopic (exact) mass is 238 g/mol. The molecule has 0 aliphatic heterocycles. The highest BCUT2D eigenvalue weighted by molar-refractivity contribution is 5.84. The van der Waals surface area contributed by atoms with Crippen molar-refractivity contribution in [3.8, 4) is 17.2 Å². The summed E-state index contributed by atoms with van der Waals surface area (Å²) in [6.07, 6.45) is 2.77. The first-order chi connectivity index (χ1) is 8.26. The summed E-state index contributed by atoms with van der Waals surface area (Å²) in [6, 6.07) is 3.39. The second kappa shape index (κ2) is 6.78. The Morgan fingerprint density at radius 1 is 1.18 bits per heavy atom. The summed E-state index contributed by atoms with van der Waals surface area (Å²) in [5, 5.41) is 0. The standard InChI is InChI=1S/C13H18O4/c1-4-5-6-17-10-7-12(15-2)11(9-14)13(8-10)16-3/h7-9H,4-6H2,1-3H3. The van der Waals surface area contributed by atoms with Crippen LogP contribution >= 0.6 is 0 Å². The van der Waals surface area contributed by atoms with Crippen LogP contribution in [-0.4, -0.2) is 27.1 Å². The Bertz CT molecular complexity index is 349. The van der Waals surface area contributed by atoms with E-state index in [9.17, 15) is 4.79 Å². The molecule has 0 fully saturated rings. The van der Waals surface area contributed by atoms with Gasteiger partial charge in [-0.15, -0.1) is 0 Å². The van der Waals surface area contributed by atoms with Crippen molar-refractivity contribution in [2.45, 2.75) is 19.8 Å². The number of carbonyl (C=O) groups excluding carboxylic acids is 1. The number of hydrogen-bond donors (Lipinski definition) is 0. The summed E-state index contributed by atoms with van der Waals surface area (Å²) in [6.45, 7) is 2.74. The molecule has 1 rings (SSSR count). The van der Waals surface area contributed by atoms with E-state index in [1.165, 1.54) is 14.2 Å². The summed E-state index contributed by atoms with van der Waals surface area (Å²) in [7, 11) is 3.02. The van der Waals surface area contributed by atoms with Gasteiger partial charge < -0.3 is 14.2 Å². The van der Waals surface area contributed by atoms with E-state index in [1.807, 2.05) is 0 Å². The van der Waals surface area contributed by atoms with Crippen molar-refractivity contribution in [3.05, 3.63) is 17.7 Å². The van der Waals surface area contributed by atoms with E-state index < -0.39 is 0 Å². The number of benzene rings is 1. The van der Waals surface area contributed by atoms with Crippen LogP contribution in [0.4, 0.5) is 0 Å². The number of rotatable bonds is 7. The zero-order valence-corrected chi connectivity index (χ0v) is 10.5. The van der Waals surface area contributed by atoms with Gasteiger partial charge in [-0.05, 0) is 6.42 Å². The summed E-state index contributed by atoms with van der Waals surface area (Å²) >= 11 is 0. The van der Waals surface area contributed by atoms with Crippen LogP contribution < -0.4 is 14.2 Å². The van der Waals surface area contributed by atoms with Gasteiger partial charge >= 0.3 is 0 Å². The molecular formula is C13H18O4. The minimum atomic E-state index is 0.401. The maximum Gasteiger partial charge on any atom is 0.157 e. The van der Waals surface area contributed by atoms with Gasteiger partial charge in [-0.1, -0.05) is 13.3 Å². The van der Waals surface area contributed by atoms with Crippen molar-refractivity contribution in [1.82, 2.24) is 0 Å². The molecule has 0 bridgehead atoms. The van der Waals surface area contributed by atoms with Crippen molar-refractivity contribution in [2.75, 3.05) is 20.8 Å². The van der Waals surface area contributed by atoms with Crippen LogP contribution in [0.3, 0.4) is 0 Å². The number of aldehydes is 1. The molecule has 0 aliphatic rings. The first-order valence-corrected chi connectivity index (χ1v) is 5.60. The minimum absolute atomic E-state index is 0.401. The fraction of sp³-hybridized carbons (Fsp3) is 0.462. The molecule has 0 aliphatic carbocycles. The van der Waals surface area contributed by atoms with Crippen molar-refractivity contribution in [3.63, 3.8) is 0 Å². The van der Waals surface area contributed by atoms with Gasteiger partial charge in [0, 0.05) is 12.1 Å². The maximum atomic E-state index is 10.9. The molecule has 0 heterocycles. The van der Waals surface area contributed by atoms with Gasteiger partial charge in [0.05, 0.1) is 26.4 Å². The van der Waals surface area contributed by atoms with Crippen molar-refractivity contribution in [2.24, 2.45) is 0 Å². The third-order valence-electron chi connectivity index (χ3n) is 2.40. The van der Waals surface area contributed by atoms with E-state index in [1.54, 1.807) is 12.1 Å². The Balaban J connectivity index is 2.96. The molecule has 94 valence electrons. The lowest BCUT2D eigenvalue weighted by molar-refractivity contribution is 0.111. The maximum absolute atomic E-state index is 10.9. The fourth-order valence-electron chi connectivity index (χ4n) is 1.45. The Labute approximate surface area is 101 Å². The molecule has 0 spiro atoms. The molecule has 0 N–H and O–H groups in total. The van der Waals surface area contributed by atoms with E-state index in [0.717, 1.165) is 12.8 Å². The average molecular weight is 238 g/mol. The fourth-order valence-corrected chi connectivity index (χ4v) is 1.45. The molecule has 17 heavy (non-hydrogen) atoms. The molecule has 4 nitrogen and oxygen atoms in total. The van der Waals surface area contributed by atoms with Crippen LogP contribution in [0.5, 0.6) is 17.2 Å². The van der Waals surface area contributed by atoms with Crippen LogP contribution in [0.2, 0.25) is 0 Å². The lowest BCUT2D eigenvalue weighted by Crippen LogP contribution is -2.00. The van der Waals surface area contributed by atoms with Crippen molar-refractivity contribution >= 4 is 6.29 Å². The van der Waals surface area contributed by atoms with Crippen LogP contribution in [0, 0.1) is 0 Å². The molecule has 0 unspecified atom stereocenters. The average Bonchev–Trinajstić information content (AvgIpc) is 2.37. The van der Waals surface area contributed by atoms with Crippen LogP contribution in [0.25, 0.3) is 0 Å². The smallest absolute Gasteiger partial charge is 0.157 e. The number of ether oxygens (including phenoxy) is 3. The first-order valence-electron chi connectivity index (χ1n) is 5.60. The molecule has 0 saturated heterocycles. The predicted molar refractivity (Wildman–Crippen MR) is 65.3 cm³/mol. The molecule has 0 amide bonds. The highest BCUT2D eigenvalue weighted by atomic mass is 16.5. The summed E-state index contributed by atoms with van der Waals surface area (Å²) in [5.41, 5.74) is 0.401. The van der Waals surface area contributed by atoms with Gasteiger partial charge in [0.15, 0.2) is 6.29 Å². The lowest BCUT2D eigenvalue weighted by atomic mass is 10.2. The Morgan fingerprint density at radius 2 is 1.76 bits per heavy atom. The normalized spacial score (nSPS) is 9.82. The van der Waals surface area contributed by atoms with Gasteiger partial charge in [0.2, 0.25) is 0 Å². The summed E-state index contributed by atoms with van der Waals surface area (Å²) < 4.78 is 15.8. The second-order valence-electron chi connectivity index (χ2n) is 3.56. The van der Waals surface area contributed by atoms with E-state index >= 15 is 0 Å². The summed E-state index contributed by atoms with van der Waals surface area (Å²) in [5.74, 6) is 1.58. The number of unbranched alkanes of at least 4 members (excludes halogenated alkanes) is 1.